The number of anilines is 2. The summed E-state index contributed by atoms with van der Waals surface area (Å²) in [7, 11) is 0. The van der Waals surface area contributed by atoms with Gasteiger partial charge in [0.05, 0.1) is 12.5 Å². The molecule has 0 atom stereocenters. The third-order valence-corrected chi connectivity index (χ3v) is 3.54. The fourth-order valence-electron chi connectivity index (χ4n) is 2.39. The molecule has 1 aromatic rings. The highest BCUT2D eigenvalue weighted by molar-refractivity contribution is 5.77. The molecule has 0 radical (unpaired) electrons. The van der Waals surface area contributed by atoms with Crippen LogP contribution in [-0.4, -0.2) is 30.4 Å². The zero-order valence-corrected chi connectivity index (χ0v) is 11.6. The van der Waals surface area contributed by atoms with Crippen LogP contribution in [-0.2, 0) is 11.2 Å². The molecule has 0 aromatic heterocycles. The second kappa shape index (κ2) is 6.80. The molecule has 1 saturated heterocycles. The topological polar surface area (TPSA) is 82.2 Å². The fraction of sp³-hybridized carbons (Fsp3) is 0.467. The van der Waals surface area contributed by atoms with Crippen LogP contribution in [0.3, 0.4) is 0 Å². The lowest BCUT2D eigenvalue weighted by atomic mass is 10.1. The van der Waals surface area contributed by atoms with Gasteiger partial charge in [-0.3, -0.25) is 4.79 Å². The second-order valence-corrected chi connectivity index (χ2v) is 5.01. The number of nitriles is 1. The summed E-state index contributed by atoms with van der Waals surface area (Å²) in [5.74, 6) is 0.211. The summed E-state index contributed by atoms with van der Waals surface area (Å²) < 4.78 is 0. The summed E-state index contributed by atoms with van der Waals surface area (Å²) in [6.07, 6.45) is 3.04. The molecule has 2 rings (SSSR count). The van der Waals surface area contributed by atoms with E-state index in [9.17, 15) is 4.79 Å². The summed E-state index contributed by atoms with van der Waals surface area (Å²) in [5, 5.41) is 11.9. The van der Waals surface area contributed by atoms with Crippen LogP contribution in [0.4, 0.5) is 11.4 Å². The highest BCUT2D eigenvalue weighted by Crippen LogP contribution is 2.18. The van der Waals surface area contributed by atoms with Crippen molar-refractivity contribution >= 4 is 17.3 Å². The highest BCUT2D eigenvalue weighted by atomic mass is 16.2. The van der Waals surface area contributed by atoms with Gasteiger partial charge in [0.25, 0.3) is 0 Å². The largest absolute Gasteiger partial charge is 0.398 e. The lowest BCUT2D eigenvalue weighted by Gasteiger charge is -2.15. The number of carbonyl (C=O) groups excluding carboxylic acids is 1. The third kappa shape index (κ3) is 3.64. The number of nitrogen functional groups attached to an aromatic ring is 1. The molecule has 1 aliphatic rings. The van der Waals surface area contributed by atoms with Crippen molar-refractivity contribution in [2.24, 2.45) is 0 Å². The van der Waals surface area contributed by atoms with Crippen molar-refractivity contribution in [2.75, 3.05) is 30.7 Å². The minimum Gasteiger partial charge on any atom is -0.398 e. The molecule has 20 heavy (non-hydrogen) atoms. The maximum Gasteiger partial charge on any atom is 0.224 e. The lowest BCUT2D eigenvalue weighted by molar-refractivity contribution is -0.129. The van der Waals surface area contributed by atoms with E-state index in [4.69, 9.17) is 11.0 Å². The number of nitrogens with two attached hydrogens (primary N) is 1. The van der Waals surface area contributed by atoms with Crippen LogP contribution in [0.5, 0.6) is 0 Å². The Kier molecular flexibility index (Phi) is 4.83. The molecule has 1 amide bonds. The van der Waals surface area contributed by atoms with Crippen LogP contribution in [0.1, 0.15) is 24.8 Å². The molecule has 0 bridgehead atoms. The van der Waals surface area contributed by atoms with Gasteiger partial charge in [-0.2, -0.15) is 5.26 Å². The second-order valence-electron chi connectivity index (χ2n) is 5.01. The molecular weight excluding hydrogens is 252 g/mol. The number of nitrogens with zero attached hydrogens (tertiary/aromatic N) is 2. The van der Waals surface area contributed by atoms with Crippen LogP contribution in [0.2, 0.25) is 0 Å². The monoisotopic (exact) mass is 272 g/mol. The van der Waals surface area contributed by atoms with Gasteiger partial charge in [-0.05, 0) is 36.6 Å². The molecule has 0 spiro atoms. The fourth-order valence-corrected chi connectivity index (χ4v) is 2.39. The van der Waals surface area contributed by atoms with E-state index in [0.717, 1.165) is 37.2 Å². The van der Waals surface area contributed by atoms with Gasteiger partial charge >= 0.3 is 0 Å². The van der Waals surface area contributed by atoms with Gasteiger partial charge in [0, 0.05) is 37.4 Å². The van der Waals surface area contributed by atoms with Gasteiger partial charge in [-0.1, -0.05) is 0 Å². The van der Waals surface area contributed by atoms with Crippen molar-refractivity contribution in [3.63, 3.8) is 0 Å². The summed E-state index contributed by atoms with van der Waals surface area (Å²) in [6.45, 7) is 2.39. The molecule has 1 aliphatic heterocycles. The molecule has 5 heteroatoms. The van der Waals surface area contributed by atoms with E-state index in [0.29, 0.717) is 25.1 Å². The van der Waals surface area contributed by atoms with Gasteiger partial charge < -0.3 is 16.0 Å². The molecule has 0 saturated carbocycles. The Morgan fingerprint density at radius 3 is 2.85 bits per heavy atom. The van der Waals surface area contributed by atoms with E-state index >= 15 is 0 Å². The standard InChI is InChI=1S/C15H20N4O/c16-7-5-12-11-13(3-4-14(12)17)18-8-6-15(20)19-9-1-2-10-19/h3-4,11,18H,1-2,5-6,8-10,17H2. The Bertz CT molecular complexity index is 515. The maximum atomic E-state index is 11.9. The number of likely N-dealkylation sites (tertiary alicyclic amines) is 1. The SMILES string of the molecule is N#CCc1cc(NCCC(=O)N2CCCC2)ccc1N. The van der Waals surface area contributed by atoms with E-state index < -0.39 is 0 Å². The number of rotatable bonds is 5. The van der Waals surface area contributed by atoms with Crippen LogP contribution in [0, 0.1) is 11.3 Å². The molecule has 3 N–H and O–H groups in total. The Hall–Kier alpha value is -2.22. The van der Waals surface area contributed by atoms with E-state index in [-0.39, 0.29) is 5.91 Å². The first-order valence-corrected chi connectivity index (χ1v) is 6.97. The normalized spacial score (nSPS) is 14.1. The van der Waals surface area contributed by atoms with Crippen molar-refractivity contribution in [3.05, 3.63) is 23.8 Å². The number of amides is 1. The predicted molar refractivity (Wildman–Crippen MR) is 79.1 cm³/mol. The van der Waals surface area contributed by atoms with Crippen molar-refractivity contribution in [2.45, 2.75) is 25.7 Å². The Morgan fingerprint density at radius 2 is 2.15 bits per heavy atom. The first-order chi connectivity index (χ1) is 9.70. The highest BCUT2D eigenvalue weighted by Gasteiger charge is 2.16. The zero-order valence-electron chi connectivity index (χ0n) is 11.6. The van der Waals surface area contributed by atoms with Gasteiger partial charge in [-0.25, -0.2) is 0 Å². The van der Waals surface area contributed by atoms with Gasteiger partial charge in [0.2, 0.25) is 5.91 Å². The van der Waals surface area contributed by atoms with Crippen molar-refractivity contribution in [3.8, 4) is 6.07 Å². The Balaban J connectivity index is 1.83. The number of hydrogen-bond donors (Lipinski definition) is 2. The lowest BCUT2D eigenvalue weighted by Crippen LogP contribution is -2.29. The van der Waals surface area contributed by atoms with E-state index in [2.05, 4.69) is 11.4 Å². The number of hydrogen-bond acceptors (Lipinski definition) is 4. The molecule has 106 valence electrons. The van der Waals surface area contributed by atoms with Gasteiger partial charge in [0.1, 0.15) is 0 Å². The average Bonchev–Trinajstić information content (AvgIpc) is 2.96. The van der Waals surface area contributed by atoms with Crippen molar-refractivity contribution in [1.82, 2.24) is 4.90 Å². The molecule has 0 unspecified atom stereocenters. The van der Waals surface area contributed by atoms with Crippen molar-refractivity contribution in [1.29, 1.82) is 5.26 Å². The number of nitrogens with one attached hydrogen (secondary N) is 1. The molecule has 5 nitrogen and oxygen atoms in total. The summed E-state index contributed by atoms with van der Waals surface area (Å²) in [5.41, 5.74) is 8.15. The predicted octanol–water partition coefficient (Wildman–Crippen LogP) is 1.76. The van der Waals surface area contributed by atoms with Crippen LogP contribution in [0.15, 0.2) is 18.2 Å². The van der Waals surface area contributed by atoms with E-state index in [1.165, 1.54) is 0 Å². The minimum atomic E-state index is 0.211. The van der Waals surface area contributed by atoms with Gasteiger partial charge in [0.15, 0.2) is 0 Å². The Labute approximate surface area is 119 Å². The summed E-state index contributed by atoms with van der Waals surface area (Å²) in [6, 6.07) is 7.63. The zero-order chi connectivity index (χ0) is 14.4. The number of carbonyl (C=O) groups is 1. The molecule has 1 heterocycles. The molecule has 0 aliphatic carbocycles. The Morgan fingerprint density at radius 1 is 1.40 bits per heavy atom. The average molecular weight is 272 g/mol. The molecule has 1 aromatic carbocycles. The quantitative estimate of drug-likeness (QED) is 0.800. The maximum absolute atomic E-state index is 11.9. The first-order valence-electron chi connectivity index (χ1n) is 6.97. The summed E-state index contributed by atoms with van der Waals surface area (Å²) >= 11 is 0. The smallest absolute Gasteiger partial charge is 0.224 e. The summed E-state index contributed by atoms with van der Waals surface area (Å²) in [4.78, 5) is 13.8. The molecule has 1 fully saturated rings. The first kappa shape index (κ1) is 14.2. The third-order valence-electron chi connectivity index (χ3n) is 3.54. The van der Waals surface area contributed by atoms with Crippen LogP contribution in [0.25, 0.3) is 0 Å². The van der Waals surface area contributed by atoms with Crippen LogP contribution >= 0.6 is 0 Å². The van der Waals surface area contributed by atoms with E-state index in [1.807, 2.05) is 17.0 Å². The minimum absolute atomic E-state index is 0.211. The number of benzene rings is 1. The van der Waals surface area contributed by atoms with Crippen molar-refractivity contribution < 1.29 is 4.79 Å². The van der Waals surface area contributed by atoms with Gasteiger partial charge in [-0.15, -0.1) is 0 Å². The van der Waals surface area contributed by atoms with Crippen LogP contribution < -0.4 is 11.1 Å². The molecular formula is C15H20N4O. The van der Waals surface area contributed by atoms with E-state index in [1.54, 1.807) is 6.07 Å².